The van der Waals surface area contributed by atoms with E-state index in [-0.39, 0.29) is 10.7 Å². The molecule has 0 aromatic heterocycles. The van der Waals surface area contributed by atoms with E-state index in [1.165, 1.54) is 36.4 Å². The molecule has 2 rings (SSSR count). The summed E-state index contributed by atoms with van der Waals surface area (Å²) in [5, 5.41) is 0. The van der Waals surface area contributed by atoms with Gasteiger partial charge in [0.25, 0.3) is 10.0 Å². The summed E-state index contributed by atoms with van der Waals surface area (Å²) in [5.74, 6) is -0.372. The van der Waals surface area contributed by atoms with Crippen LogP contribution < -0.4 is 0 Å². The smallest absolute Gasteiger partial charge is 0.207 e. The molecule has 0 aliphatic heterocycles. The normalized spacial score (nSPS) is 12.4. The molecule has 0 saturated heterocycles. The van der Waals surface area contributed by atoms with Gasteiger partial charge >= 0.3 is 0 Å². The van der Waals surface area contributed by atoms with Crippen LogP contribution in [0, 0.1) is 12.7 Å². The van der Waals surface area contributed by atoms with E-state index in [4.69, 9.17) is 0 Å². The number of hydrogen-bond donors (Lipinski definition) is 0. The fourth-order valence-corrected chi connectivity index (χ4v) is 2.74. The zero-order valence-corrected chi connectivity index (χ0v) is 12.0. The van der Waals surface area contributed by atoms with Crippen LogP contribution in [0.4, 0.5) is 4.39 Å². The Morgan fingerprint density at radius 3 is 2.10 bits per heavy atom. The van der Waals surface area contributed by atoms with Crippen molar-refractivity contribution in [1.29, 1.82) is 0 Å². The van der Waals surface area contributed by atoms with Crippen LogP contribution in [0.15, 0.2) is 57.8 Å². The Morgan fingerprint density at radius 1 is 1.00 bits per heavy atom. The molecule has 0 saturated carbocycles. The topological polar surface area (TPSA) is 46.5 Å². The van der Waals surface area contributed by atoms with E-state index >= 15 is 0 Å². The van der Waals surface area contributed by atoms with Crippen LogP contribution in [0.25, 0.3) is 0 Å². The average molecular weight is 291 g/mol. The van der Waals surface area contributed by atoms with Crippen molar-refractivity contribution >= 4 is 15.7 Å². The SMILES string of the molecule is CC(=NS(=O)(=O)c1ccc(C)cc1)c1ccc(F)cc1. The molecular weight excluding hydrogens is 277 g/mol. The van der Waals surface area contributed by atoms with E-state index in [0.29, 0.717) is 11.3 Å². The number of benzene rings is 2. The van der Waals surface area contributed by atoms with Gasteiger partial charge in [-0.3, -0.25) is 0 Å². The molecule has 0 atom stereocenters. The molecule has 3 nitrogen and oxygen atoms in total. The van der Waals surface area contributed by atoms with E-state index in [1.54, 1.807) is 19.1 Å². The van der Waals surface area contributed by atoms with Gasteiger partial charge in [-0.2, -0.15) is 12.8 Å². The van der Waals surface area contributed by atoms with Crippen LogP contribution in [-0.4, -0.2) is 14.1 Å². The first-order valence-electron chi connectivity index (χ1n) is 6.03. The third-order valence-electron chi connectivity index (χ3n) is 2.84. The Morgan fingerprint density at radius 2 is 1.55 bits per heavy atom. The molecule has 0 aliphatic rings. The van der Waals surface area contributed by atoms with Gasteiger partial charge in [-0.1, -0.05) is 29.8 Å². The first-order chi connectivity index (χ1) is 9.38. The molecule has 0 N–H and O–H groups in total. The monoisotopic (exact) mass is 291 g/mol. The third-order valence-corrected chi connectivity index (χ3v) is 4.22. The van der Waals surface area contributed by atoms with Gasteiger partial charge in [0.15, 0.2) is 0 Å². The summed E-state index contributed by atoms with van der Waals surface area (Å²) < 4.78 is 40.9. The quantitative estimate of drug-likeness (QED) is 0.814. The van der Waals surface area contributed by atoms with Gasteiger partial charge in [0.1, 0.15) is 5.82 Å². The summed E-state index contributed by atoms with van der Waals surface area (Å²) in [6.45, 7) is 3.46. The van der Waals surface area contributed by atoms with Crippen LogP contribution in [0.5, 0.6) is 0 Å². The third kappa shape index (κ3) is 3.30. The Balaban J connectivity index is 2.37. The minimum Gasteiger partial charge on any atom is -0.207 e. The lowest BCUT2D eigenvalue weighted by Gasteiger charge is -2.03. The van der Waals surface area contributed by atoms with Crippen molar-refractivity contribution in [3.05, 3.63) is 65.5 Å². The highest BCUT2D eigenvalue weighted by atomic mass is 32.2. The standard InChI is InChI=1S/C15H14FNO2S/c1-11-3-9-15(10-4-11)20(18,19)17-12(2)13-5-7-14(16)8-6-13/h3-10H,1-2H3. The van der Waals surface area contributed by atoms with Crippen LogP contribution >= 0.6 is 0 Å². The fraction of sp³-hybridized carbons (Fsp3) is 0.133. The Bertz CT molecular complexity index is 732. The molecule has 0 radical (unpaired) electrons. The second kappa shape index (κ2) is 5.54. The van der Waals surface area contributed by atoms with Crippen molar-refractivity contribution in [2.24, 2.45) is 4.40 Å². The van der Waals surface area contributed by atoms with E-state index < -0.39 is 10.0 Å². The lowest BCUT2D eigenvalue weighted by molar-refractivity contribution is 0.598. The Hall–Kier alpha value is -2.01. The van der Waals surface area contributed by atoms with Crippen molar-refractivity contribution in [1.82, 2.24) is 0 Å². The molecular formula is C15H14FNO2S. The molecule has 2 aromatic carbocycles. The highest BCUT2D eigenvalue weighted by Crippen LogP contribution is 2.15. The molecule has 0 amide bonds. The van der Waals surface area contributed by atoms with Gasteiger partial charge in [-0.15, -0.1) is 0 Å². The van der Waals surface area contributed by atoms with Gasteiger partial charge in [-0.25, -0.2) is 4.39 Å². The summed E-state index contributed by atoms with van der Waals surface area (Å²) in [6.07, 6.45) is 0. The number of rotatable bonds is 3. The fourth-order valence-electron chi connectivity index (χ4n) is 1.69. The van der Waals surface area contributed by atoms with E-state index in [0.717, 1.165) is 5.56 Å². The highest BCUT2D eigenvalue weighted by Gasteiger charge is 2.13. The summed E-state index contributed by atoms with van der Waals surface area (Å²) in [7, 11) is -3.74. The van der Waals surface area contributed by atoms with Crippen molar-refractivity contribution in [3.8, 4) is 0 Å². The number of aryl methyl sites for hydroxylation is 1. The molecule has 0 fully saturated rings. The van der Waals surface area contributed by atoms with Crippen LogP contribution in [-0.2, 0) is 10.0 Å². The first-order valence-corrected chi connectivity index (χ1v) is 7.47. The maximum atomic E-state index is 12.8. The van der Waals surface area contributed by atoms with Crippen LogP contribution in [0.1, 0.15) is 18.1 Å². The molecule has 0 unspecified atom stereocenters. The van der Waals surface area contributed by atoms with E-state index in [9.17, 15) is 12.8 Å². The van der Waals surface area contributed by atoms with Crippen LogP contribution in [0.3, 0.4) is 0 Å². The largest absolute Gasteiger partial charge is 0.282 e. The summed E-state index contributed by atoms with van der Waals surface area (Å²) in [6, 6.07) is 12.0. The maximum Gasteiger partial charge on any atom is 0.282 e. The molecule has 0 aliphatic carbocycles. The summed E-state index contributed by atoms with van der Waals surface area (Å²) in [4.78, 5) is 0.143. The van der Waals surface area contributed by atoms with Gasteiger partial charge in [-0.05, 0) is 43.7 Å². The van der Waals surface area contributed by atoms with Crippen molar-refractivity contribution in [3.63, 3.8) is 0 Å². The maximum absolute atomic E-state index is 12.8. The lowest BCUT2D eigenvalue weighted by atomic mass is 10.1. The van der Waals surface area contributed by atoms with E-state index in [2.05, 4.69) is 4.40 Å². The molecule has 104 valence electrons. The molecule has 5 heteroatoms. The molecule has 0 spiro atoms. The second-order valence-electron chi connectivity index (χ2n) is 4.47. The van der Waals surface area contributed by atoms with Gasteiger partial charge < -0.3 is 0 Å². The minimum absolute atomic E-state index is 0.143. The number of sulfonamides is 1. The van der Waals surface area contributed by atoms with Gasteiger partial charge in [0.2, 0.25) is 0 Å². The molecule has 0 heterocycles. The highest BCUT2D eigenvalue weighted by molar-refractivity contribution is 7.90. The minimum atomic E-state index is -3.74. The van der Waals surface area contributed by atoms with E-state index in [1.807, 2.05) is 6.92 Å². The molecule has 2 aromatic rings. The Labute approximate surface area is 117 Å². The predicted octanol–water partition coefficient (Wildman–Crippen LogP) is 3.33. The summed E-state index contributed by atoms with van der Waals surface area (Å²) >= 11 is 0. The first kappa shape index (κ1) is 14.4. The number of nitrogens with zero attached hydrogens (tertiary/aromatic N) is 1. The van der Waals surface area contributed by atoms with Crippen LogP contribution in [0.2, 0.25) is 0 Å². The number of halogens is 1. The molecule has 20 heavy (non-hydrogen) atoms. The van der Waals surface area contributed by atoms with Gasteiger partial charge in [0.05, 0.1) is 10.6 Å². The summed E-state index contributed by atoms with van der Waals surface area (Å²) in [5.41, 5.74) is 1.87. The zero-order chi connectivity index (χ0) is 14.8. The lowest BCUT2D eigenvalue weighted by Crippen LogP contribution is -2.03. The predicted molar refractivity (Wildman–Crippen MR) is 77.0 cm³/mol. The van der Waals surface area contributed by atoms with Crippen molar-refractivity contribution < 1.29 is 12.8 Å². The second-order valence-corrected chi connectivity index (χ2v) is 6.08. The Kier molecular flexibility index (Phi) is 3.99. The van der Waals surface area contributed by atoms with Gasteiger partial charge in [0, 0.05) is 0 Å². The van der Waals surface area contributed by atoms with Crippen molar-refractivity contribution in [2.45, 2.75) is 18.7 Å². The van der Waals surface area contributed by atoms with Crippen molar-refractivity contribution in [2.75, 3.05) is 0 Å². The average Bonchev–Trinajstić information content (AvgIpc) is 2.39. The number of hydrogen-bond acceptors (Lipinski definition) is 2. The zero-order valence-electron chi connectivity index (χ0n) is 11.2. The molecule has 0 bridgehead atoms.